The topological polar surface area (TPSA) is 51.7 Å². The van der Waals surface area contributed by atoms with Gasteiger partial charge >= 0.3 is 0 Å². The Kier molecular flexibility index (Phi) is 4.99. The van der Waals surface area contributed by atoms with Crippen LogP contribution in [-0.2, 0) is 11.2 Å². The predicted molar refractivity (Wildman–Crippen MR) is 91.2 cm³/mol. The van der Waals surface area contributed by atoms with Crippen LogP contribution < -0.4 is 9.47 Å². The molecule has 3 rings (SSSR count). The molecule has 0 saturated carbocycles. The Hall–Kier alpha value is -2.56. The van der Waals surface area contributed by atoms with Crippen LogP contribution in [0.3, 0.4) is 0 Å². The molecule has 5 nitrogen and oxygen atoms in total. The van der Waals surface area contributed by atoms with E-state index in [1.165, 1.54) is 0 Å². The van der Waals surface area contributed by atoms with Crippen molar-refractivity contribution in [2.75, 3.05) is 20.3 Å². The summed E-state index contributed by atoms with van der Waals surface area (Å²) in [4.78, 5) is 18.3. The fraction of sp³-hybridized carbons (Fsp3) is 0.368. The normalized spacial score (nSPS) is 14.1. The van der Waals surface area contributed by atoms with E-state index in [1.807, 2.05) is 44.3 Å². The molecule has 0 spiro atoms. The van der Waals surface area contributed by atoms with Crippen LogP contribution in [0.15, 0.2) is 42.7 Å². The van der Waals surface area contributed by atoms with E-state index < -0.39 is 0 Å². The molecule has 0 fully saturated rings. The second-order valence-electron chi connectivity index (χ2n) is 5.94. The van der Waals surface area contributed by atoms with E-state index >= 15 is 0 Å². The third kappa shape index (κ3) is 3.67. The maximum Gasteiger partial charge on any atom is 0.223 e. The monoisotopic (exact) mass is 326 g/mol. The van der Waals surface area contributed by atoms with Gasteiger partial charge < -0.3 is 14.4 Å². The SMILES string of the molecule is C[C@@H](c1ccc2c(c1)OCCO2)N(C)C(=O)CCc1cccnc1. The number of hydrogen-bond donors (Lipinski definition) is 0. The first-order chi connectivity index (χ1) is 11.6. The van der Waals surface area contributed by atoms with Crippen LogP contribution in [0.25, 0.3) is 0 Å². The predicted octanol–water partition coefficient (Wildman–Crippen LogP) is 3.01. The van der Waals surface area contributed by atoms with Crippen molar-refractivity contribution in [3.63, 3.8) is 0 Å². The lowest BCUT2D eigenvalue weighted by Crippen LogP contribution is -2.30. The molecule has 1 aromatic heterocycles. The largest absolute Gasteiger partial charge is 0.486 e. The summed E-state index contributed by atoms with van der Waals surface area (Å²) < 4.78 is 11.2. The van der Waals surface area contributed by atoms with E-state index in [1.54, 1.807) is 17.3 Å². The van der Waals surface area contributed by atoms with Crippen molar-refractivity contribution in [1.29, 1.82) is 0 Å². The maximum absolute atomic E-state index is 12.5. The number of benzene rings is 1. The van der Waals surface area contributed by atoms with Crippen LogP contribution in [0.4, 0.5) is 0 Å². The summed E-state index contributed by atoms with van der Waals surface area (Å²) in [7, 11) is 1.84. The molecule has 0 unspecified atom stereocenters. The van der Waals surface area contributed by atoms with Crippen LogP contribution >= 0.6 is 0 Å². The van der Waals surface area contributed by atoms with Gasteiger partial charge in [0.1, 0.15) is 13.2 Å². The molecule has 1 atom stereocenters. The van der Waals surface area contributed by atoms with E-state index in [0.29, 0.717) is 26.1 Å². The smallest absolute Gasteiger partial charge is 0.223 e. The third-order valence-corrected chi connectivity index (χ3v) is 4.37. The van der Waals surface area contributed by atoms with E-state index in [-0.39, 0.29) is 11.9 Å². The van der Waals surface area contributed by atoms with Crippen molar-refractivity contribution in [3.8, 4) is 11.5 Å². The van der Waals surface area contributed by atoms with Crippen LogP contribution in [0, 0.1) is 0 Å². The summed E-state index contributed by atoms with van der Waals surface area (Å²) in [5.74, 6) is 1.63. The first-order valence-electron chi connectivity index (χ1n) is 8.19. The zero-order valence-electron chi connectivity index (χ0n) is 14.1. The molecule has 0 N–H and O–H groups in total. The number of pyridine rings is 1. The number of rotatable bonds is 5. The first-order valence-corrected chi connectivity index (χ1v) is 8.19. The average molecular weight is 326 g/mol. The van der Waals surface area contributed by atoms with Gasteiger partial charge in [-0.05, 0) is 42.7 Å². The van der Waals surface area contributed by atoms with Crippen molar-refractivity contribution < 1.29 is 14.3 Å². The lowest BCUT2D eigenvalue weighted by molar-refractivity contribution is -0.131. The molecule has 0 saturated heterocycles. The van der Waals surface area contributed by atoms with E-state index in [2.05, 4.69) is 4.98 Å². The molecule has 0 aliphatic carbocycles. The second-order valence-corrected chi connectivity index (χ2v) is 5.94. The van der Waals surface area contributed by atoms with Gasteiger partial charge in [-0.25, -0.2) is 0 Å². The van der Waals surface area contributed by atoms with Gasteiger partial charge in [-0.1, -0.05) is 12.1 Å². The standard InChI is InChI=1S/C19H22N2O3/c1-14(16-6-7-17-18(12-16)24-11-10-23-17)21(2)19(22)8-5-15-4-3-9-20-13-15/h3-4,6-7,9,12-14H,5,8,10-11H2,1-2H3/t14-/m0/s1. The maximum atomic E-state index is 12.5. The highest BCUT2D eigenvalue weighted by Crippen LogP contribution is 2.33. The fourth-order valence-electron chi connectivity index (χ4n) is 2.73. The van der Waals surface area contributed by atoms with Crippen molar-refractivity contribution in [2.45, 2.75) is 25.8 Å². The minimum absolute atomic E-state index is 0.0257. The van der Waals surface area contributed by atoms with E-state index in [9.17, 15) is 4.79 Å². The summed E-state index contributed by atoms with van der Waals surface area (Å²) in [6.45, 7) is 3.16. The lowest BCUT2D eigenvalue weighted by atomic mass is 10.1. The summed E-state index contributed by atoms with van der Waals surface area (Å²) in [6.07, 6.45) is 4.71. The number of aryl methyl sites for hydroxylation is 1. The number of amides is 1. The molecule has 1 aliphatic heterocycles. The molecule has 2 heterocycles. The lowest BCUT2D eigenvalue weighted by Gasteiger charge is -2.27. The Morgan fingerprint density at radius 1 is 1.25 bits per heavy atom. The summed E-state index contributed by atoms with van der Waals surface area (Å²) >= 11 is 0. The van der Waals surface area contributed by atoms with Crippen molar-refractivity contribution in [3.05, 3.63) is 53.9 Å². The minimum atomic E-state index is -0.0257. The Labute approximate surface area is 142 Å². The van der Waals surface area contributed by atoms with Gasteiger partial charge in [0, 0.05) is 25.9 Å². The molecule has 24 heavy (non-hydrogen) atoms. The van der Waals surface area contributed by atoms with E-state index in [0.717, 1.165) is 22.6 Å². The van der Waals surface area contributed by atoms with Gasteiger partial charge in [0.25, 0.3) is 0 Å². The van der Waals surface area contributed by atoms with Crippen LogP contribution in [-0.4, -0.2) is 36.1 Å². The molecule has 0 radical (unpaired) electrons. The van der Waals surface area contributed by atoms with Crippen molar-refractivity contribution in [2.24, 2.45) is 0 Å². The molecule has 126 valence electrons. The number of fused-ring (bicyclic) bond motifs is 1. The summed E-state index contributed by atoms with van der Waals surface area (Å²) in [5.41, 5.74) is 2.11. The Morgan fingerprint density at radius 2 is 2.04 bits per heavy atom. The molecule has 2 aromatic rings. The van der Waals surface area contributed by atoms with E-state index in [4.69, 9.17) is 9.47 Å². The molecule has 1 aliphatic rings. The van der Waals surface area contributed by atoms with Gasteiger partial charge in [0.15, 0.2) is 11.5 Å². The van der Waals surface area contributed by atoms with Gasteiger partial charge in [-0.2, -0.15) is 0 Å². The van der Waals surface area contributed by atoms with Crippen LogP contribution in [0.2, 0.25) is 0 Å². The van der Waals surface area contributed by atoms with Crippen LogP contribution in [0.1, 0.15) is 30.5 Å². The number of ether oxygens (including phenoxy) is 2. The quantitative estimate of drug-likeness (QED) is 0.847. The van der Waals surface area contributed by atoms with Crippen molar-refractivity contribution >= 4 is 5.91 Å². The van der Waals surface area contributed by atoms with Crippen molar-refractivity contribution in [1.82, 2.24) is 9.88 Å². The summed E-state index contributed by atoms with van der Waals surface area (Å²) in [6, 6.07) is 9.72. The minimum Gasteiger partial charge on any atom is -0.486 e. The molecule has 1 amide bonds. The molecular formula is C19H22N2O3. The van der Waals surface area contributed by atoms with Gasteiger partial charge in [0.2, 0.25) is 5.91 Å². The molecule has 1 aromatic carbocycles. The van der Waals surface area contributed by atoms with Gasteiger partial charge in [-0.15, -0.1) is 0 Å². The Morgan fingerprint density at radius 3 is 2.79 bits per heavy atom. The summed E-state index contributed by atoms with van der Waals surface area (Å²) in [5, 5.41) is 0. The highest BCUT2D eigenvalue weighted by Gasteiger charge is 2.20. The Bertz CT molecular complexity index is 703. The molecular weight excluding hydrogens is 304 g/mol. The zero-order chi connectivity index (χ0) is 16.9. The van der Waals surface area contributed by atoms with Gasteiger partial charge in [-0.3, -0.25) is 9.78 Å². The highest BCUT2D eigenvalue weighted by atomic mass is 16.6. The number of nitrogens with zero attached hydrogens (tertiary/aromatic N) is 2. The number of aromatic nitrogens is 1. The number of carbonyl (C=O) groups is 1. The zero-order valence-corrected chi connectivity index (χ0v) is 14.1. The van der Waals surface area contributed by atoms with Crippen LogP contribution in [0.5, 0.6) is 11.5 Å². The average Bonchev–Trinajstić information content (AvgIpc) is 2.65. The molecule has 0 bridgehead atoms. The number of carbonyl (C=O) groups excluding carboxylic acids is 1. The fourth-order valence-corrected chi connectivity index (χ4v) is 2.73. The van der Waals surface area contributed by atoms with Gasteiger partial charge in [0.05, 0.1) is 6.04 Å². The third-order valence-electron chi connectivity index (χ3n) is 4.37. The molecule has 5 heteroatoms. The second kappa shape index (κ2) is 7.34. The highest BCUT2D eigenvalue weighted by molar-refractivity contribution is 5.76. The number of hydrogen-bond acceptors (Lipinski definition) is 4. The Balaban J connectivity index is 1.63. The first kappa shape index (κ1) is 16.3.